The van der Waals surface area contributed by atoms with Crippen LogP contribution in [-0.4, -0.2) is 37.3 Å². The van der Waals surface area contributed by atoms with Gasteiger partial charge < -0.3 is 20.0 Å². The molecule has 5 rings (SSSR count). The Labute approximate surface area is 267 Å². The molecule has 3 aromatic heterocycles. The molecule has 238 valence electrons. The molecule has 0 saturated carbocycles. The number of carbonyl (C=O) groups is 1. The lowest BCUT2D eigenvalue weighted by Gasteiger charge is -2.12. The van der Waals surface area contributed by atoms with Crippen molar-refractivity contribution in [3.63, 3.8) is 0 Å². The van der Waals surface area contributed by atoms with Gasteiger partial charge in [0.25, 0.3) is 5.91 Å². The van der Waals surface area contributed by atoms with Crippen LogP contribution in [0.15, 0.2) is 24.3 Å². The predicted molar refractivity (Wildman–Crippen MR) is 188 cm³/mol. The van der Waals surface area contributed by atoms with Gasteiger partial charge in [-0.2, -0.15) is 0 Å². The topological polar surface area (TPSA) is 95.8 Å². The molecule has 3 aromatic rings. The van der Waals surface area contributed by atoms with Crippen LogP contribution in [-0.2, 0) is 25.8 Å². The molecule has 3 N–H and O–H groups in total. The van der Waals surface area contributed by atoms with Crippen molar-refractivity contribution < 1.29 is 9.90 Å². The van der Waals surface area contributed by atoms with Gasteiger partial charge in [-0.3, -0.25) is 4.79 Å². The summed E-state index contributed by atoms with van der Waals surface area (Å²) in [5.74, 6) is -0.304. The van der Waals surface area contributed by atoms with Crippen LogP contribution in [0.2, 0.25) is 0 Å². The molecule has 8 bridgehead atoms. The number of rotatable bonds is 10. The summed E-state index contributed by atoms with van der Waals surface area (Å²) in [5, 5.41) is 12.7. The summed E-state index contributed by atoms with van der Waals surface area (Å²) >= 11 is 0. The molecule has 45 heavy (non-hydrogen) atoms. The Kier molecular flexibility index (Phi) is 9.78. The zero-order valence-corrected chi connectivity index (χ0v) is 28.4. The maximum atomic E-state index is 14.2. The lowest BCUT2D eigenvalue weighted by Crippen LogP contribution is -2.26. The smallest absolute Gasteiger partial charge is 0.257 e. The van der Waals surface area contributed by atoms with Gasteiger partial charge in [0, 0.05) is 28.7 Å². The van der Waals surface area contributed by atoms with E-state index < -0.39 is 6.73 Å². The Bertz CT molecular complexity index is 1870. The van der Waals surface area contributed by atoms with Crippen molar-refractivity contribution in [2.45, 2.75) is 107 Å². The lowest BCUT2D eigenvalue weighted by atomic mass is 9.92. The second-order valence-corrected chi connectivity index (χ2v) is 11.7. The first-order valence-electron chi connectivity index (χ1n) is 17.0. The number of nitrogens with one attached hydrogen (secondary N) is 2. The summed E-state index contributed by atoms with van der Waals surface area (Å²) in [4.78, 5) is 28.6. The molecule has 0 unspecified atom stereocenters. The number of amides is 1. The predicted octanol–water partition coefficient (Wildman–Crippen LogP) is 8.64. The van der Waals surface area contributed by atoms with Crippen LogP contribution in [0, 0.1) is 0 Å². The Balaban J connectivity index is 2.18. The highest BCUT2D eigenvalue weighted by molar-refractivity contribution is 6.09. The summed E-state index contributed by atoms with van der Waals surface area (Å²) < 4.78 is 2.28. The molecule has 0 fully saturated rings. The van der Waals surface area contributed by atoms with Gasteiger partial charge in [-0.05, 0) is 110 Å². The number of fused-ring (bicyclic) bond motifs is 8. The van der Waals surface area contributed by atoms with Crippen LogP contribution in [0.5, 0.6) is 0 Å². The fourth-order valence-corrected chi connectivity index (χ4v) is 7.57. The van der Waals surface area contributed by atoms with E-state index in [4.69, 9.17) is 9.97 Å². The number of carbonyl (C=O) groups excluding carboxylic acids is 1. The van der Waals surface area contributed by atoms with Gasteiger partial charge >= 0.3 is 0 Å². The summed E-state index contributed by atoms with van der Waals surface area (Å²) in [5.41, 5.74) is 16.6. The highest BCUT2D eigenvalue weighted by atomic mass is 16.3. The second-order valence-electron chi connectivity index (χ2n) is 11.7. The minimum absolute atomic E-state index is 0.304. The van der Waals surface area contributed by atoms with Crippen LogP contribution in [0.1, 0.15) is 131 Å². The average Bonchev–Trinajstić information content (AvgIpc) is 3.80. The quantitative estimate of drug-likeness (QED) is 0.201. The normalized spacial score (nSPS) is 13.3. The summed E-state index contributed by atoms with van der Waals surface area (Å²) in [6.07, 6.45) is 5.69. The third-order valence-corrected chi connectivity index (χ3v) is 9.49. The van der Waals surface area contributed by atoms with Gasteiger partial charge in [-0.15, -0.1) is 0 Å². The monoisotopic (exact) mass is 607 g/mol. The van der Waals surface area contributed by atoms with Crippen molar-refractivity contribution in [2.75, 3.05) is 6.73 Å². The third kappa shape index (κ3) is 5.35. The zero-order chi connectivity index (χ0) is 32.4. The van der Waals surface area contributed by atoms with Gasteiger partial charge in [-0.1, -0.05) is 48.5 Å². The molecule has 7 heteroatoms. The van der Waals surface area contributed by atoms with E-state index in [0.717, 1.165) is 106 Å². The molecule has 0 aliphatic carbocycles. The highest BCUT2D eigenvalue weighted by Gasteiger charge is 2.30. The molecule has 5 heterocycles. The largest absolute Gasteiger partial charge is 0.376 e. The SMILES string of the molecule is CCC1=C(CC)c2nc1cc1ccc(cc3c(CC)c(CC)c(c(C(=O)NCO)c4nc(c2CC)C(CC)=C4CC)n3CC)[nH]1. The second kappa shape index (κ2) is 13.6. The molecule has 2 aliphatic rings. The van der Waals surface area contributed by atoms with Crippen LogP contribution in [0.4, 0.5) is 0 Å². The van der Waals surface area contributed by atoms with Crippen molar-refractivity contribution >= 4 is 50.3 Å². The van der Waals surface area contributed by atoms with Crippen molar-refractivity contribution in [1.29, 1.82) is 0 Å². The van der Waals surface area contributed by atoms with E-state index in [-0.39, 0.29) is 5.91 Å². The number of aliphatic hydroxyl groups excluding tert-OH is 1. The Morgan fingerprint density at radius 1 is 0.711 bits per heavy atom. The van der Waals surface area contributed by atoms with Crippen LogP contribution >= 0.6 is 0 Å². The molecular formula is C38H49N5O2. The number of aryl methyl sites for hydroxylation is 3. The Hall–Kier alpha value is -3.97. The number of aliphatic hydroxyl groups is 1. The van der Waals surface area contributed by atoms with Gasteiger partial charge in [-0.25, -0.2) is 9.97 Å². The molecule has 0 radical (unpaired) electrons. The maximum Gasteiger partial charge on any atom is 0.257 e. The molecular weight excluding hydrogens is 558 g/mol. The molecule has 1 amide bonds. The molecule has 2 aliphatic heterocycles. The van der Waals surface area contributed by atoms with Gasteiger partial charge in [0.2, 0.25) is 0 Å². The molecule has 0 aromatic carbocycles. The van der Waals surface area contributed by atoms with E-state index in [1.54, 1.807) is 0 Å². The first kappa shape index (κ1) is 32.4. The van der Waals surface area contributed by atoms with E-state index in [1.165, 1.54) is 22.3 Å². The fraction of sp³-hybridized carbons (Fsp3) is 0.447. The third-order valence-electron chi connectivity index (χ3n) is 9.49. The lowest BCUT2D eigenvalue weighted by molar-refractivity contribution is 0.0911. The first-order chi connectivity index (χ1) is 21.8. The van der Waals surface area contributed by atoms with E-state index in [9.17, 15) is 9.90 Å². The standard InChI is InChI=1S/C38H49N5O2/c1-9-24-26(11-3)34-30(15-7)35-27(12-4)28(13-5)36(42-35)33(38(45)39-21-44)37-29(14-6)25(10-2)32(43(37)16-8)20-23-18-17-22(40-23)19-31(24)41-34/h17-20,40,44H,9-16,21H2,1-8H3,(H,39,45). The van der Waals surface area contributed by atoms with Crippen molar-refractivity contribution in [2.24, 2.45) is 0 Å². The van der Waals surface area contributed by atoms with Gasteiger partial charge in [0.1, 0.15) is 6.73 Å². The van der Waals surface area contributed by atoms with Crippen molar-refractivity contribution in [1.82, 2.24) is 24.8 Å². The summed E-state index contributed by atoms with van der Waals surface area (Å²) in [7, 11) is 0. The minimum Gasteiger partial charge on any atom is -0.376 e. The van der Waals surface area contributed by atoms with E-state index in [0.29, 0.717) is 12.1 Å². The number of hydrogen-bond donors (Lipinski definition) is 3. The highest BCUT2D eigenvalue weighted by Crippen LogP contribution is 2.43. The minimum atomic E-state index is -0.445. The first-order valence-corrected chi connectivity index (χ1v) is 17.0. The number of hydrogen-bond acceptors (Lipinski definition) is 4. The average molecular weight is 608 g/mol. The van der Waals surface area contributed by atoms with Crippen LogP contribution < -0.4 is 5.32 Å². The summed E-state index contributed by atoms with van der Waals surface area (Å²) in [6.45, 7) is 17.7. The number of H-pyrrole nitrogens is 1. The van der Waals surface area contributed by atoms with Crippen LogP contribution in [0.25, 0.3) is 44.4 Å². The maximum absolute atomic E-state index is 14.2. The zero-order valence-electron chi connectivity index (χ0n) is 28.4. The Morgan fingerprint density at radius 3 is 1.82 bits per heavy atom. The molecule has 0 saturated heterocycles. The van der Waals surface area contributed by atoms with E-state index >= 15 is 0 Å². The molecule has 0 spiro atoms. The van der Waals surface area contributed by atoms with Crippen LogP contribution in [0.3, 0.4) is 0 Å². The van der Waals surface area contributed by atoms with E-state index in [1.807, 2.05) is 0 Å². The Morgan fingerprint density at radius 2 is 1.27 bits per heavy atom. The van der Waals surface area contributed by atoms with Crippen molar-refractivity contribution in [3.8, 4) is 0 Å². The van der Waals surface area contributed by atoms with Crippen molar-refractivity contribution in [3.05, 3.63) is 69.3 Å². The van der Waals surface area contributed by atoms with Gasteiger partial charge in [0.15, 0.2) is 0 Å². The molecule has 7 nitrogen and oxygen atoms in total. The number of aromatic nitrogens is 4. The fourth-order valence-electron chi connectivity index (χ4n) is 7.57. The summed E-state index contributed by atoms with van der Waals surface area (Å²) in [6, 6.07) is 8.65. The molecule has 0 atom stereocenters. The van der Waals surface area contributed by atoms with E-state index in [2.05, 4.69) is 94.5 Å². The number of nitrogens with zero attached hydrogens (tertiary/aromatic N) is 3. The number of aromatic amines is 1. The van der Waals surface area contributed by atoms with Gasteiger partial charge in [0.05, 0.1) is 33.9 Å². The number of allylic oxidation sites excluding steroid dienone is 4.